The number of ether oxygens (including phenoxy) is 1. The lowest BCUT2D eigenvalue weighted by atomic mass is 9.96. The number of nitrogens with one attached hydrogen (secondary N) is 2. The first-order valence-electron chi connectivity index (χ1n) is 6.54. The molecule has 1 amide bonds. The van der Waals surface area contributed by atoms with Crippen LogP contribution in [0.3, 0.4) is 0 Å². The first-order chi connectivity index (χ1) is 8.45. The van der Waals surface area contributed by atoms with Crippen LogP contribution in [0.2, 0.25) is 0 Å². The third-order valence-electron chi connectivity index (χ3n) is 3.36. The lowest BCUT2D eigenvalue weighted by molar-refractivity contribution is -0.146. The van der Waals surface area contributed by atoms with Crippen molar-refractivity contribution in [1.82, 2.24) is 10.6 Å². The number of carbonyl (C=O) groups is 2. The maximum atomic E-state index is 12.1. The van der Waals surface area contributed by atoms with Gasteiger partial charge in [-0.05, 0) is 24.8 Å². The van der Waals surface area contributed by atoms with Gasteiger partial charge in [-0.3, -0.25) is 4.79 Å². The Hall–Kier alpha value is -1.10. The van der Waals surface area contributed by atoms with Crippen LogP contribution in [0.25, 0.3) is 0 Å². The second-order valence-electron chi connectivity index (χ2n) is 5.46. The van der Waals surface area contributed by atoms with Crippen molar-refractivity contribution in [2.45, 2.75) is 33.2 Å². The first-order valence-corrected chi connectivity index (χ1v) is 6.54. The molecule has 5 nitrogen and oxygen atoms in total. The van der Waals surface area contributed by atoms with Crippen LogP contribution in [-0.2, 0) is 14.3 Å². The Kier molecular flexibility index (Phi) is 5.59. The fourth-order valence-corrected chi connectivity index (χ4v) is 2.27. The van der Waals surface area contributed by atoms with Gasteiger partial charge in [0.1, 0.15) is 6.04 Å². The SMILES string of the molecule is COC(=O)[C@H](CC(C)C)NC(=O)[C@@H]1CNC[C@H]1C. The highest BCUT2D eigenvalue weighted by Gasteiger charge is 2.32. The maximum absolute atomic E-state index is 12.1. The van der Waals surface area contributed by atoms with Crippen molar-refractivity contribution in [2.24, 2.45) is 17.8 Å². The van der Waals surface area contributed by atoms with Crippen LogP contribution in [0.4, 0.5) is 0 Å². The zero-order chi connectivity index (χ0) is 13.7. The molecule has 0 aromatic rings. The van der Waals surface area contributed by atoms with E-state index in [4.69, 9.17) is 4.74 Å². The molecule has 1 saturated heterocycles. The summed E-state index contributed by atoms with van der Waals surface area (Å²) in [6.07, 6.45) is 0.604. The Balaban J connectivity index is 2.59. The Bertz CT molecular complexity index is 305. The highest BCUT2D eigenvalue weighted by molar-refractivity contribution is 5.86. The van der Waals surface area contributed by atoms with Crippen LogP contribution in [-0.4, -0.2) is 38.1 Å². The number of hydrogen-bond acceptors (Lipinski definition) is 4. The zero-order valence-electron chi connectivity index (χ0n) is 11.7. The number of hydrogen-bond donors (Lipinski definition) is 2. The van der Waals surface area contributed by atoms with Gasteiger partial charge >= 0.3 is 5.97 Å². The average molecular weight is 256 g/mol. The lowest BCUT2D eigenvalue weighted by Gasteiger charge is -2.21. The number of rotatable bonds is 5. The summed E-state index contributed by atoms with van der Waals surface area (Å²) in [6.45, 7) is 7.61. The van der Waals surface area contributed by atoms with Crippen molar-refractivity contribution in [3.8, 4) is 0 Å². The number of methoxy groups -OCH3 is 1. The lowest BCUT2D eigenvalue weighted by Crippen LogP contribution is -2.46. The van der Waals surface area contributed by atoms with Gasteiger partial charge in [0, 0.05) is 6.54 Å². The summed E-state index contributed by atoms with van der Waals surface area (Å²) >= 11 is 0. The number of amides is 1. The van der Waals surface area contributed by atoms with Gasteiger partial charge in [-0.1, -0.05) is 20.8 Å². The monoisotopic (exact) mass is 256 g/mol. The topological polar surface area (TPSA) is 67.4 Å². The first kappa shape index (κ1) is 15.0. The fraction of sp³-hybridized carbons (Fsp3) is 0.846. The molecule has 2 N–H and O–H groups in total. The van der Waals surface area contributed by atoms with Gasteiger partial charge in [-0.15, -0.1) is 0 Å². The Labute approximate surface area is 109 Å². The molecule has 5 heteroatoms. The molecule has 104 valence electrons. The van der Waals surface area contributed by atoms with Gasteiger partial charge in [-0.25, -0.2) is 4.79 Å². The van der Waals surface area contributed by atoms with Crippen LogP contribution < -0.4 is 10.6 Å². The van der Waals surface area contributed by atoms with Gasteiger partial charge in [0.15, 0.2) is 0 Å². The van der Waals surface area contributed by atoms with Crippen LogP contribution in [0.5, 0.6) is 0 Å². The Morgan fingerprint density at radius 3 is 2.50 bits per heavy atom. The predicted molar refractivity (Wildman–Crippen MR) is 68.9 cm³/mol. The van der Waals surface area contributed by atoms with E-state index in [-0.39, 0.29) is 17.8 Å². The predicted octanol–water partition coefficient (Wildman–Crippen LogP) is 0.546. The summed E-state index contributed by atoms with van der Waals surface area (Å²) in [7, 11) is 1.35. The van der Waals surface area contributed by atoms with Gasteiger partial charge < -0.3 is 15.4 Å². The molecule has 1 heterocycles. The van der Waals surface area contributed by atoms with E-state index in [1.54, 1.807) is 0 Å². The summed E-state index contributed by atoms with van der Waals surface area (Å²) in [5, 5.41) is 6.00. The summed E-state index contributed by atoms with van der Waals surface area (Å²) in [5.41, 5.74) is 0. The van der Waals surface area contributed by atoms with E-state index >= 15 is 0 Å². The molecule has 0 aromatic carbocycles. The molecule has 1 aliphatic heterocycles. The molecule has 1 aliphatic rings. The highest BCUT2D eigenvalue weighted by atomic mass is 16.5. The van der Waals surface area contributed by atoms with Gasteiger partial charge in [-0.2, -0.15) is 0 Å². The van der Waals surface area contributed by atoms with E-state index < -0.39 is 6.04 Å². The van der Waals surface area contributed by atoms with E-state index in [2.05, 4.69) is 10.6 Å². The zero-order valence-corrected chi connectivity index (χ0v) is 11.7. The normalized spacial score (nSPS) is 24.9. The highest BCUT2D eigenvalue weighted by Crippen LogP contribution is 2.17. The van der Waals surface area contributed by atoms with Gasteiger partial charge in [0.2, 0.25) is 5.91 Å². The van der Waals surface area contributed by atoms with Gasteiger partial charge in [0.25, 0.3) is 0 Å². The molecule has 0 unspecified atom stereocenters. The molecule has 18 heavy (non-hydrogen) atoms. The van der Waals surface area contributed by atoms with Crippen molar-refractivity contribution in [3.05, 3.63) is 0 Å². The quantitative estimate of drug-likeness (QED) is 0.705. The average Bonchev–Trinajstić information content (AvgIpc) is 2.73. The summed E-state index contributed by atoms with van der Waals surface area (Å²) in [5.74, 6) is 0.166. The van der Waals surface area contributed by atoms with Crippen LogP contribution >= 0.6 is 0 Å². The minimum absolute atomic E-state index is 0.0516. The van der Waals surface area contributed by atoms with Crippen LogP contribution in [0, 0.1) is 17.8 Å². The molecule has 0 bridgehead atoms. The molecule has 1 fully saturated rings. The molecule has 0 radical (unpaired) electrons. The number of esters is 1. The minimum atomic E-state index is -0.532. The van der Waals surface area contributed by atoms with Crippen molar-refractivity contribution in [2.75, 3.05) is 20.2 Å². The van der Waals surface area contributed by atoms with Crippen molar-refractivity contribution in [3.63, 3.8) is 0 Å². The smallest absolute Gasteiger partial charge is 0.328 e. The molecule has 0 spiro atoms. The van der Waals surface area contributed by atoms with Crippen LogP contribution in [0.15, 0.2) is 0 Å². The Morgan fingerprint density at radius 1 is 1.39 bits per heavy atom. The summed E-state index contributed by atoms with van der Waals surface area (Å²) < 4.78 is 4.73. The van der Waals surface area contributed by atoms with E-state index in [1.807, 2.05) is 20.8 Å². The molecular formula is C13H24N2O3. The van der Waals surface area contributed by atoms with Crippen LogP contribution in [0.1, 0.15) is 27.2 Å². The van der Waals surface area contributed by atoms with Crippen molar-refractivity contribution < 1.29 is 14.3 Å². The molecule has 1 rings (SSSR count). The molecule has 0 aliphatic carbocycles. The molecule has 3 atom stereocenters. The third kappa shape index (κ3) is 3.98. The van der Waals surface area contributed by atoms with Gasteiger partial charge in [0.05, 0.1) is 13.0 Å². The molecule has 0 saturated carbocycles. The number of carbonyl (C=O) groups excluding carboxylic acids is 2. The fourth-order valence-electron chi connectivity index (χ4n) is 2.27. The maximum Gasteiger partial charge on any atom is 0.328 e. The molecule has 0 aromatic heterocycles. The van der Waals surface area contributed by atoms with E-state index in [0.717, 1.165) is 6.54 Å². The second-order valence-corrected chi connectivity index (χ2v) is 5.46. The standard InChI is InChI=1S/C13H24N2O3/c1-8(2)5-11(13(17)18-4)15-12(16)10-7-14-6-9(10)3/h8-11,14H,5-7H2,1-4H3,(H,15,16)/t9-,10-,11+/m1/s1. The van der Waals surface area contributed by atoms with Crippen molar-refractivity contribution in [1.29, 1.82) is 0 Å². The van der Waals surface area contributed by atoms with Crippen molar-refractivity contribution >= 4 is 11.9 Å². The molecular weight excluding hydrogens is 232 g/mol. The third-order valence-corrected chi connectivity index (χ3v) is 3.36. The van der Waals surface area contributed by atoms with E-state index in [0.29, 0.717) is 24.8 Å². The largest absolute Gasteiger partial charge is 0.467 e. The minimum Gasteiger partial charge on any atom is -0.467 e. The second kappa shape index (κ2) is 6.73. The summed E-state index contributed by atoms with van der Waals surface area (Å²) in [6, 6.07) is -0.532. The van der Waals surface area contributed by atoms with E-state index in [1.165, 1.54) is 7.11 Å². The summed E-state index contributed by atoms with van der Waals surface area (Å²) in [4.78, 5) is 23.7. The Morgan fingerprint density at radius 2 is 2.06 bits per heavy atom. The van der Waals surface area contributed by atoms with E-state index in [9.17, 15) is 9.59 Å².